The van der Waals surface area contributed by atoms with Crippen LogP contribution in [-0.2, 0) is 12.0 Å². The van der Waals surface area contributed by atoms with Crippen molar-refractivity contribution < 1.29 is 0 Å². The lowest BCUT2D eigenvalue weighted by atomic mass is 10.1. The van der Waals surface area contributed by atoms with Crippen molar-refractivity contribution in [3.8, 4) is 0 Å². The molecule has 0 N–H and O–H groups in total. The third kappa shape index (κ3) is 2.54. The Morgan fingerprint density at radius 3 is 2.62 bits per heavy atom. The van der Waals surface area contributed by atoms with Crippen LogP contribution in [0.15, 0.2) is 6.33 Å². The van der Waals surface area contributed by atoms with Gasteiger partial charge < -0.3 is 4.57 Å². The molecule has 1 rings (SSSR count). The Hall–Kier alpha value is -0.860. The molecule has 74 valence electrons. The Labute approximate surface area is 80.2 Å². The van der Waals surface area contributed by atoms with Crippen LogP contribution in [0.4, 0.5) is 0 Å². The minimum absolute atomic E-state index is 0.104. The van der Waals surface area contributed by atoms with E-state index in [2.05, 4.69) is 42.5 Å². The fraction of sp³-hybridized carbons (Fsp3) is 0.800. The van der Waals surface area contributed by atoms with Gasteiger partial charge in [-0.3, -0.25) is 0 Å². The predicted molar refractivity (Wildman–Crippen MR) is 53.6 cm³/mol. The lowest BCUT2D eigenvalue weighted by Crippen LogP contribution is -2.23. The first-order chi connectivity index (χ1) is 6.05. The average molecular weight is 181 g/mol. The van der Waals surface area contributed by atoms with E-state index in [1.165, 1.54) is 12.8 Å². The molecule has 0 saturated carbocycles. The van der Waals surface area contributed by atoms with Crippen molar-refractivity contribution in [3.63, 3.8) is 0 Å². The van der Waals surface area contributed by atoms with Crippen molar-refractivity contribution in [1.82, 2.24) is 14.8 Å². The third-order valence-electron chi connectivity index (χ3n) is 2.10. The molecule has 0 fully saturated rings. The second-order valence-corrected chi connectivity index (χ2v) is 4.39. The first-order valence-corrected chi connectivity index (χ1v) is 4.95. The van der Waals surface area contributed by atoms with Crippen LogP contribution >= 0.6 is 0 Å². The van der Waals surface area contributed by atoms with Crippen LogP contribution in [0.5, 0.6) is 0 Å². The minimum Gasteiger partial charge on any atom is -0.312 e. The number of nitrogens with zero attached hydrogens (tertiary/aromatic N) is 3. The molecule has 1 heterocycles. The summed E-state index contributed by atoms with van der Waals surface area (Å²) in [5.41, 5.74) is 0.104. The van der Waals surface area contributed by atoms with Crippen LogP contribution in [-0.4, -0.2) is 14.8 Å². The fourth-order valence-electron chi connectivity index (χ4n) is 1.32. The van der Waals surface area contributed by atoms with E-state index in [-0.39, 0.29) is 5.54 Å². The van der Waals surface area contributed by atoms with Crippen LogP contribution in [0, 0.1) is 0 Å². The largest absolute Gasteiger partial charge is 0.312 e. The first kappa shape index (κ1) is 10.2. The number of unbranched alkanes of at least 4 members (excludes halogenated alkanes) is 1. The normalized spacial score (nSPS) is 12.0. The van der Waals surface area contributed by atoms with Gasteiger partial charge in [-0.05, 0) is 27.2 Å². The summed E-state index contributed by atoms with van der Waals surface area (Å²) in [7, 11) is 0. The van der Waals surface area contributed by atoms with Crippen LogP contribution < -0.4 is 0 Å². The van der Waals surface area contributed by atoms with E-state index in [0.29, 0.717) is 0 Å². The molecule has 0 unspecified atom stereocenters. The van der Waals surface area contributed by atoms with Gasteiger partial charge in [-0.25, -0.2) is 0 Å². The Bertz CT molecular complexity index is 257. The lowest BCUT2D eigenvalue weighted by Gasteiger charge is -2.22. The van der Waals surface area contributed by atoms with Crippen LogP contribution in [0.3, 0.4) is 0 Å². The second-order valence-electron chi connectivity index (χ2n) is 4.39. The Kier molecular flexibility index (Phi) is 3.07. The van der Waals surface area contributed by atoms with E-state index in [4.69, 9.17) is 0 Å². The maximum absolute atomic E-state index is 4.13. The van der Waals surface area contributed by atoms with E-state index in [0.717, 1.165) is 12.2 Å². The number of aryl methyl sites for hydroxylation is 1. The number of rotatable bonds is 3. The molecule has 0 aliphatic carbocycles. The fourth-order valence-corrected chi connectivity index (χ4v) is 1.32. The summed E-state index contributed by atoms with van der Waals surface area (Å²) in [6, 6.07) is 0. The molecule has 3 heteroatoms. The van der Waals surface area contributed by atoms with E-state index in [1.54, 1.807) is 0 Å². The molecule has 1 aromatic heterocycles. The summed E-state index contributed by atoms with van der Waals surface area (Å²) in [5.74, 6) is 1.11. The predicted octanol–water partition coefficient (Wildman–Crippen LogP) is 2.38. The molecule has 0 aliphatic rings. The SMILES string of the molecule is CCCCc1nncn1C(C)(C)C. The Morgan fingerprint density at radius 2 is 2.08 bits per heavy atom. The van der Waals surface area contributed by atoms with Crippen molar-refractivity contribution in [2.24, 2.45) is 0 Å². The maximum atomic E-state index is 4.13. The van der Waals surface area contributed by atoms with E-state index >= 15 is 0 Å². The van der Waals surface area contributed by atoms with Crippen molar-refractivity contribution in [3.05, 3.63) is 12.2 Å². The Morgan fingerprint density at radius 1 is 1.38 bits per heavy atom. The molecule has 3 nitrogen and oxygen atoms in total. The topological polar surface area (TPSA) is 30.7 Å². The molecule has 0 aliphatic heterocycles. The summed E-state index contributed by atoms with van der Waals surface area (Å²) >= 11 is 0. The molecule has 0 bridgehead atoms. The van der Waals surface area contributed by atoms with Gasteiger partial charge >= 0.3 is 0 Å². The van der Waals surface area contributed by atoms with Gasteiger partial charge in [0.15, 0.2) is 0 Å². The van der Waals surface area contributed by atoms with Gasteiger partial charge in [0.25, 0.3) is 0 Å². The quantitative estimate of drug-likeness (QED) is 0.716. The number of hydrogen-bond donors (Lipinski definition) is 0. The molecule has 0 aromatic carbocycles. The molecule has 0 amide bonds. The zero-order valence-electron chi connectivity index (χ0n) is 9.04. The van der Waals surface area contributed by atoms with Gasteiger partial charge in [-0.1, -0.05) is 13.3 Å². The molecular formula is C10H19N3. The lowest BCUT2D eigenvalue weighted by molar-refractivity contribution is 0.380. The van der Waals surface area contributed by atoms with E-state index in [9.17, 15) is 0 Å². The van der Waals surface area contributed by atoms with Crippen LogP contribution in [0.2, 0.25) is 0 Å². The standard InChI is InChI=1S/C10H19N3/c1-5-6-7-9-12-11-8-13(9)10(2,3)4/h8H,5-7H2,1-4H3. The van der Waals surface area contributed by atoms with Gasteiger partial charge in [0.1, 0.15) is 12.2 Å². The number of hydrogen-bond acceptors (Lipinski definition) is 2. The highest BCUT2D eigenvalue weighted by Crippen LogP contribution is 2.15. The second kappa shape index (κ2) is 3.90. The maximum Gasteiger partial charge on any atom is 0.133 e. The highest BCUT2D eigenvalue weighted by molar-refractivity contribution is 4.91. The molecule has 1 aromatic rings. The average Bonchev–Trinajstić information content (AvgIpc) is 2.47. The highest BCUT2D eigenvalue weighted by Gasteiger charge is 2.16. The van der Waals surface area contributed by atoms with Crippen molar-refractivity contribution in [2.75, 3.05) is 0 Å². The summed E-state index contributed by atoms with van der Waals surface area (Å²) in [5, 5.41) is 8.09. The van der Waals surface area contributed by atoms with Gasteiger partial charge in [0, 0.05) is 12.0 Å². The van der Waals surface area contributed by atoms with Crippen molar-refractivity contribution in [1.29, 1.82) is 0 Å². The number of aromatic nitrogens is 3. The minimum atomic E-state index is 0.104. The summed E-state index contributed by atoms with van der Waals surface area (Å²) in [4.78, 5) is 0. The first-order valence-electron chi connectivity index (χ1n) is 4.95. The van der Waals surface area contributed by atoms with Gasteiger partial charge in [-0.15, -0.1) is 10.2 Å². The Balaban J connectivity index is 2.77. The van der Waals surface area contributed by atoms with Crippen LogP contribution in [0.25, 0.3) is 0 Å². The summed E-state index contributed by atoms with van der Waals surface area (Å²) in [6.45, 7) is 8.71. The van der Waals surface area contributed by atoms with E-state index < -0.39 is 0 Å². The summed E-state index contributed by atoms with van der Waals surface area (Å²) in [6.07, 6.45) is 5.25. The third-order valence-corrected chi connectivity index (χ3v) is 2.10. The van der Waals surface area contributed by atoms with Crippen molar-refractivity contribution >= 4 is 0 Å². The molecule has 0 atom stereocenters. The van der Waals surface area contributed by atoms with Gasteiger partial charge in [-0.2, -0.15) is 0 Å². The monoisotopic (exact) mass is 181 g/mol. The summed E-state index contributed by atoms with van der Waals surface area (Å²) < 4.78 is 2.16. The zero-order chi connectivity index (χ0) is 9.90. The smallest absolute Gasteiger partial charge is 0.133 e. The van der Waals surface area contributed by atoms with Gasteiger partial charge in [0.05, 0.1) is 0 Å². The molecule has 0 radical (unpaired) electrons. The molecular weight excluding hydrogens is 162 g/mol. The zero-order valence-corrected chi connectivity index (χ0v) is 9.04. The van der Waals surface area contributed by atoms with Gasteiger partial charge in [0.2, 0.25) is 0 Å². The molecule has 0 saturated heterocycles. The van der Waals surface area contributed by atoms with Crippen molar-refractivity contribution in [2.45, 2.75) is 52.5 Å². The molecule has 13 heavy (non-hydrogen) atoms. The highest BCUT2D eigenvalue weighted by atomic mass is 15.3. The van der Waals surface area contributed by atoms with Crippen LogP contribution in [0.1, 0.15) is 46.4 Å². The molecule has 0 spiro atoms. The van der Waals surface area contributed by atoms with E-state index in [1.807, 2.05) is 6.33 Å².